The zero-order chi connectivity index (χ0) is 30.8. The Hall–Kier alpha value is -1.86. The molecule has 0 aliphatic heterocycles. The van der Waals surface area contributed by atoms with E-state index < -0.39 is 31.3 Å². The summed E-state index contributed by atoms with van der Waals surface area (Å²) in [7, 11) is -7.20. The summed E-state index contributed by atoms with van der Waals surface area (Å²) in [4.78, 5) is 13.9. The van der Waals surface area contributed by atoms with Gasteiger partial charge in [-0.25, -0.2) is 0 Å². The molecule has 1 aliphatic rings. The van der Waals surface area contributed by atoms with Gasteiger partial charge in [0.05, 0.1) is 11.4 Å². The predicted octanol–water partition coefficient (Wildman–Crippen LogP) is 4.14. The van der Waals surface area contributed by atoms with Gasteiger partial charge in [-0.2, -0.15) is 43.2 Å². The third kappa shape index (κ3) is 14.2. The molecule has 41 heavy (non-hydrogen) atoms. The molecular weight excluding hydrogens is 650 g/mol. The number of rotatable bonds is 6. The van der Waals surface area contributed by atoms with Crippen molar-refractivity contribution < 1.29 is 69.4 Å². The first-order valence-electron chi connectivity index (χ1n) is 11.5. The van der Waals surface area contributed by atoms with E-state index in [1.807, 2.05) is 24.5 Å². The molecule has 0 spiro atoms. The largest absolute Gasteiger partial charge is 0.522 e. The number of halogens is 6. The van der Waals surface area contributed by atoms with E-state index in [0.717, 1.165) is 24.5 Å². The summed E-state index contributed by atoms with van der Waals surface area (Å²) >= 11 is 0. The molecule has 10 nitrogen and oxygen atoms in total. The molecule has 0 unspecified atom stereocenters. The van der Waals surface area contributed by atoms with Crippen molar-refractivity contribution in [2.45, 2.75) is 61.9 Å². The van der Waals surface area contributed by atoms with Crippen molar-refractivity contribution >= 4 is 20.2 Å². The van der Waals surface area contributed by atoms with Crippen molar-refractivity contribution in [3.63, 3.8) is 0 Å². The van der Waals surface area contributed by atoms with Crippen LogP contribution in [0.15, 0.2) is 48.8 Å². The fraction of sp³-hybridized carbons (Fsp3) is 0.545. The first kappa shape index (κ1) is 39.1. The van der Waals surface area contributed by atoms with Crippen LogP contribution in [-0.2, 0) is 50.4 Å². The van der Waals surface area contributed by atoms with Gasteiger partial charge in [0, 0.05) is 54.6 Å². The monoisotopic (exact) mass is 680 g/mol. The van der Waals surface area contributed by atoms with Crippen LogP contribution in [0.25, 0.3) is 0 Å². The molecule has 1 fully saturated rings. The number of aromatic nitrogens is 2. The van der Waals surface area contributed by atoms with E-state index in [1.54, 1.807) is 0 Å². The Kier molecular flexibility index (Phi) is 15.9. The average Bonchev–Trinajstić information content (AvgIpc) is 2.83. The fourth-order valence-corrected chi connectivity index (χ4v) is 3.85. The maximum absolute atomic E-state index is 10.7. The number of pyridine rings is 2. The van der Waals surface area contributed by atoms with Crippen LogP contribution in [-0.4, -0.2) is 82.9 Å². The summed E-state index contributed by atoms with van der Waals surface area (Å²) in [6.07, 6.45) is 8.95. The first-order chi connectivity index (χ1) is 18.2. The summed E-state index contributed by atoms with van der Waals surface area (Å²) in [6.45, 7) is 1.83. The number of hydrogen-bond donors (Lipinski definition) is 2. The van der Waals surface area contributed by atoms with Gasteiger partial charge in [0.1, 0.15) is 0 Å². The summed E-state index contributed by atoms with van der Waals surface area (Å²) in [5, 5.41) is 0. The van der Waals surface area contributed by atoms with Crippen LogP contribution < -0.4 is 0 Å². The maximum atomic E-state index is 10.7. The molecule has 1 aliphatic carbocycles. The third-order valence-corrected chi connectivity index (χ3v) is 6.86. The van der Waals surface area contributed by atoms with E-state index in [9.17, 15) is 26.3 Å². The van der Waals surface area contributed by atoms with Gasteiger partial charge in [-0.15, -0.1) is 0 Å². The van der Waals surface area contributed by atoms with Crippen LogP contribution in [0.2, 0.25) is 0 Å². The van der Waals surface area contributed by atoms with Gasteiger partial charge in [0.25, 0.3) is 0 Å². The topological polar surface area (TPSA) is 141 Å². The quantitative estimate of drug-likeness (QED) is 0.198. The van der Waals surface area contributed by atoms with E-state index >= 15 is 0 Å². The van der Waals surface area contributed by atoms with Gasteiger partial charge >= 0.3 is 31.3 Å². The van der Waals surface area contributed by atoms with E-state index in [2.05, 4.69) is 58.1 Å². The van der Waals surface area contributed by atoms with Crippen molar-refractivity contribution in [2.24, 2.45) is 0 Å². The Morgan fingerprint density at radius 1 is 0.732 bits per heavy atom. The molecule has 2 N–H and O–H groups in total. The molecule has 2 aromatic rings. The molecule has 2 atom stereocenters. The van der Waals surface area contributed by atoms with Gasteiger partial charge in [-0.1, -0.05) is 25.0 Å². The van der Waals surface area contributed by atoms with Gasteiger partial charge in [0.15, 0.2) is 0 Å². The van der Waals surface area contributed by atoms with Gasteiger partial charge in [-0.05, 0) is 51.2 Å². The average molecular weight is 680 g/mol. The van der Waals surface area contributed by atoms with Crippen molar-refractivity contribution in [2.75, 3.05) is 14.1 Å². The molecule has 19 heteroatoms. The predicted molar refractivity (Wildman–Crippen MR) is 133 cm³/mol. The second-order valence-electron chi connectivity index (χ2n) is 8.73. The Labute approximate surface area is 245 Å². The third-order valence-electron chi connectivity index (χ3n) is 5.69. The molecule has 0 saturated heterocycles. The summed E-state index contributed by atoms with van der Waals surface area (Å²) < 4.78 is 115. The Morgan fingerprint density at radius 2 is 1.02 bits per heavy atom. The van der Waals surface area contributed by atoms with Crippen LogP contribution in [0.3, 0.4) is 0 Å². The van der Waals surface area contributed by atoms with Crippen molar-refractivity contribution in [3.8, 4) is 0 Å². The number of alkyl halides is 6. The first-order valence-corrected chi connectivity index (χ1v) is 14.4. The molecule has 0 radical (unpaired) electrons. The van der Waals surface area contributed by atoms with Gasteiger partial charge < -0.3 is 0 Å². The summed E-state index contributed by atoms with van der Waals surface area (Å²) in [6, 6.07) is 13.5. The number of nitrogens with zero attached hydrogens (tertiary/aromatic N) is 4. The Bertz CT molecular complexity index is 1140. The summed E-state index contributed by atoms with van der Waals surface area (Å²) in [5.41, 5.74) is -8.77. The van der Waals surface area contributed by atoms with E-state index in [1.165, 1.54) is 25.7 Å². The second-order valence-corrected chi connectivity index (χ2v) is 11.6. The molecule has 2 heterocycles. The van der Waals surface area contributed by atoms with E-state index in [4.69, 9.17) is 25.9 Å². The molecule has 0 aromatic carbocycles. The number of hydrogen-bond acceptors (Lipinski definition) is 8. The summed E-state index contributed by atoms with van der Waals surface area (Å²) in [5.74, 6) is 0. The Balaban J connectivity index is 0.000000781. The van der Waals surface area contributed by atoms with Crippen LogP contribution >= 0.6 is 0 Å². The van der Waals surface area contributed by atoms with Crippen LogP contribution in [0.5, 0.6) is 0 Å². The van der Waals surface area contributed by atoms with Crippen LogP contribution in [0, 0.1) is 0 Å². The minimum atomic E-state index is -5.84. The molecule has 3 rings (SSSR count). The molecule has 236 valence electrons. The molecule has 0 bridgehead atoms. The Morgan fingerprint density at radius 3 is 1.24 bits per heavy atom. The van der Waals surface area contributed by atoms with Crippen LogP contribution in [0.4, 0.5) is 26.3 Å². The minimum absolute atomic E-state index is 0. The SMILES string of the molecule is CN(Cc1ccccn1)[C@H]1CCCC[C@@H]1N(C)Cc1ccccn1.O=S(=O)(O)C(F)(F)F.O=S(=O)(O)C(F)(F)F.[Fe]. The van der Waals surface area contributed by atoms with Crippen molar-refractivity contribution in [1.82, 2.24) is 19.8 Å². The fourth-order valence-electron chi connectivity index (χ4n) is 3.85. The maximum Gasteiger partial charge on any atom is 0.522 e. The number of likely N-dealkylation sites (N-methyl/N-ethyl adjacent to an activating group) is 2. The minimum Gasteiger partial charge on any atom is -0.296 e. The van der Waals surface area contributed by atoms with Crippen molar-refractivity contribution in [3.05, 3.63) is 60.2 Å². The zero-order valence-corrected chi connectivity index (χ0v) is 24.5. The van der Waals surface area contributed by atoms with Crippen LogP contribution in [0.1, 0.15) is 37.1 Å². The molecular formula is C22H30F6FeN4O6S2. The van der Waals surface area contributed by atoms with Gasteiger partial charge in [0.2, 0.25) is 0 Å². The standard InChI is InChI=1S/C20H28N4.2CHF3O3S.Fe/c1-23(15-17-9-5-7-13-21-17)19-11-3-4-12-20(19)24(2)16-18-10-6-8-14-22-18;2*2-1(3,4)8(5,6)7;/h5-10,13-14,19-20H,3-4,11-12,15-16H2,1-2H3;2*(H,5,6,7);/t19-,20-;;;/m0.../s1. The zero-order valence-electron chi connectivity index (χ0n) is 21.8. The van der Waals surface area contributed by atoms with Crippen molar-refractivity contribution in [1.29, 1.82) is 0 Å². The molecule has 0 amide bonds. The molecule has 1 saturated carbocycles. The molecule has 2 aromatic heterocycles. The van der Waals surface area contributed by atoms with E-state index in [-0.39, 0.29) is 17.1 Å². The van der Waals surface area contributed by atoms with E-state index in [0.29, 0.717) is 12.1 Å². The second kappa shape index (κ2) is 16.7. The smallest absolute Gasteiger partial charge is 0.296 e. The normalized spacial score (nSPS) is 18.0. The van der Waals surface area contributed by atoms with Gasteiger partial charge in [-0.3, -0.25) is 28.9 Å².